The SMILES string of the molecule is Cc1cc(NC(=O)Nc2ccccc2N2CCOCC2)nn1C. The Hall–Kier alpha value is -2.54. The third kappa shape index (κ3) is 3.62. The van der Waals surface area contributed by atoms with Gasteiger partial charge in [-0.1, -0.05) is 12.1 Å². The Morgan fingerprint density at radius 1 is 1.22 bits per heavy atom. The van der Waals surface area contributed by atoms with Gasteiger partial charge in [-0.05, 0) is 19.1 Å². The first-order valence-corrected chi connectivity index (χ1v) is 7.64. The van der Waals surface area contributed by atoms with E-state index in [4.69, 9.17) is 4.74 Å². The molecule has 7 heteroatoms. The number of morpholine rings is 1. The molecule has 7 nitrogen and oxygen atoms in total. The predicted molar refractivity (Wildman–Crippen MR) is 90.1 cm³/mol. The summed E-state index contributed by atoms with van der Waals surface area (Å²) in [7, 11) is 1.84. The molecule has 0 saturated carbocycles. The molecule has 0 spiro atoms. The van der Waals surface area contributed by atoms with E-state index in [2.05, 4.69) is 20.6 Å². The van der Waals surface area contributed by atoms with Crippen LogP contribution in [0, 0.1) is 6.92 Å². The van der Waals surface area contributed by atoms with Crippen LogP contribution in [0.4, 0.5) is 22.0 Å². The number of nitrogens with one attached hydrogen (secondary N) is 2. The number of carbonyl (C=O) groups is 1. The Kier molecular flexibility index (Phi) is 4.47. The van der Waals surface area contributed by atoms with Crippen molar-refractivity contribution in [1.82, 2.24) is 9.78 Å². The molecule has 1 aromatic carbocycles. The molecule has 2 amide bonds. The summed E-state index contributed by atoms with van der Waals surface area (Å²) in [5.74, 6) is 0.534. The average molecular weight is 315 g/mol. The molecular formula is C16H21N5O2. The van der Waals surface area contributed by atoms with E-state index in [9.17, 15) is 4.79 Å². The van der Waals surface area contributed by atoms with Crippen LogP contribution >= 0.6 is 0 Å². The number of urea groups is 1. The van der Waals surface area contributed by atoms with Crippen LogP contribution in [0.5, 0.6) is 0 Å². The van der Waals surface area contributed by atoms with E-state index in [1.807, 2.05) is 44.3 Å². The first-order chi connectivity index (χ1) is 11.1. The van der Waals surface area contributed by atoms with Crippen LogP contribution in [0.15, 0.2) is 30.3 Å². The molecule has 1 saturated heterocycles. The smallest absolute Gasteiger partial charge is 0.324 e. The predicted octanol–water partition coefficient (Wildman–Crippen LogP) is 2.21. The highest BCUT2D eigenvalue weighted by Gasteiger charge is 2.16. The Morgan fingerprint density at radius 2 is 1.96 bits per heavy atom. The van der Waals surface area contributed by atoms with Gasteiger partial charge in [0, 0.05) is 31.9 Å². The summed E-state index contributed by atoms with van der Waals surface area (Å²) >= 11 is 0. The summed E-state index contributed by atoms with van der Waals surface area (Å²) in [6.07, 6.45) is 0. The number of ether oxygens (including phenoxy) is 1. The van der Waals surface area contributed by atoms with Gasteiger partial charge < -0.3 is 15.0 Å². The van der Waals surface area contributed by atoms with Gasteiger partial charge in [0.15, 0.2) is 5.82 Å². The molecule has 2 heterocycles. The van der Waals surface area contributed by atoms with Crippen LogP contribution in [0.25, 0.3) is 0 Å². The summed E-state index contributed by atoms with van der Waals surface area (Å²) in [5.41, 5.74) is 2.76. The van der Waals surface area contributed by atoms with Gasteiger partial charge in [0.2, 0.25) is 0 Å². The Bertz CT molecular complexity index is 672. The maximum absolute atomic E-state index is 12.2. The van der Waals surface area contributed by atoms with Crippen molar-refractivity contribution in [3.63, 3.8) is 0 Å². The highest BCUT2D eigenvalue weighted by Crippen LogP contribution is 2.26. The molecule has 1 fully saturated rings. The Balaban J connectivity index is 1.70. The second-order valence-corrected chi connectivity index (χ2v) is 5.49. The molecule has 0 unspecified atom stereocenters. The van der Waals surface area contributed by atoms with Crippen molar-refractivity contribution in [2.75, 3.05) is 41.8 Å². The number of para-hydroxylation sites is 2. The van der Waals surface area contributed by atoms with Crippen LogP contribution in [0.1, 0.15) is 5.69 Å². The van der Waals surface area contributed by atoms with Crippen molar-refractivity contribution in [2.24, 2.45) is 7.05 Å². The quantitative estimate of drug-likeness (QED) is 0.911. The summed E-state index contributed by atoms with van der Waals surface area (Å²) in [5, 5.41) is 9.88. The number of rotatable bonds is 3. The molecule has 3 rings (SSSR count). The minimum absolute atomic E-state index is 0.302. The van der Waals surface area contributed by atoms with Crippen molar-refractivity contribution < 1.29 is 9.53 Å². The number of hydrogen-bond donors (Lipinski definition) is 2. The van der Waals surface area contributed by atoms with Gasteiger partial charge in [0.25, 0.3) is 0 Å². The molecule has 1 aliphatic heterocycles. The van der Waals surface area contributed by atoms with Crippen LogP contribution in [0.3, 0.4) is 0 Å². The van der Waals surface area contributed by atoms with Crippen molar-refractivity contribution in [2.45, 2.75) is 6.92 Å². The fourth-order valence-electron chi connectivity index (χ4n) is 2.55. The van der Waals surface area contributed by atoms with Gasteiger partial charge in [-0.15, -0.1) is 0 Å². The van der Waals surface area contributed by atoms with E-state index in [0.717, 1.165) is 30.2 Å². The van der Waals surface area contributed by atoms with E-state index in [1.54, 1.807) is 4.68 Å². The average Bonchev–Trinajstić information content (AvgIpc) is 2.86. The van der Waals surface area contributed by atoms with Gasteiger partial charge in [0.1, 0.15) is 0 Å². The second kappa shape index (κ2) is 6.70. The number of nitrogens with zero attached hydrogens (tertiary/aromatic N) is 3. The van der Waals surface area contributed by atoms with Crippen molar-refractivity contribution in [1.29, 1.82) is 0 Å². The van der Waals surface area contributed by atoms with Crippen LogP contribution in [-0.4, -0.2) is 42.1 Å². The number of aromatic nitrogens is 2. The lowest BCUT2D eigenvalue weighted by Crippen LogP contribution is -2.37. The molecular weight excluding hydrogens is 294 g/mol. The zero-order valence-electron chi connectivity index (χ0n) is 13.4. The maximum Gasteiger partial charge on any atom is 0.324 e. The first kappa shape index (κ1) is 15.4. The number of aryl methyl sites for hydroxylation is 2. The zero-order valence-corrected chi connectivity index (χ0v) is 13.4. The van der Waals surface area contributed by atoms with E-state index in [-0.39, 0.29) is 6.03 Å². The van der Waals surface area contributed by atoms with E-state index < -0.39 is 0 Å². The fourth-order valence-corrected chi connectivity index (χ4v) is 2.55. The number of anilines is 3. The monoisotopic (exact) mass is 315 g/mol. The largest absolute Gasteiger partial charge is 0.378 e. The molecule has 1 aliphatic rings. The summed E-state index contributed by atoms with van der Waals surface area (Å²) in [6.45, 7) is 4.98. The third-order valence-electron chi connectivity index (χ3n) is 3.86. The molecule has 23 heavy (non-hydrogen) atoms. The van der Waals surface area contributed by atoms with Crippen molar-refractivity contribution >= 4 is 23.2 Å². The number of carbonyl (C=O) groups excluding carboxylic acids is 1. The van der Waals surface area contributed by atoms with Crippen molar-refractivity contribution in [3.8, 4) is 0 Å². The van der Waals surface area contributed by atoms with E-state index in [0.29, 0.717) is 19.0 Å². The van der Waals surface area contributed by atoms with Gasteiger partial charge in [-0.2, -0.15) is 5.10 Å². The number of benzene rings is 1. The molecule has 0 radical (unpaired) electrons. The maximum atomic E-state index is 12.2. The minimum Gasteiger partial charge on any atom is -0.378 e. The van der Waals surface area contributed by atoms with E-state index >= 15 is 0 Å². The molecule has 122 valence electrons. The van der Waals surface area contributed by atoms with Crippen LogP contribution in [0.2, 0.25) is 0 Å². The highest BCUT2D eigenvalue weighted by molar-refractivity contribution is 6.01. The fraction of sp³-hybridized carbons (Fsp3) is 0.375. The highest BCUT2D eigenvalue weighted by atomic mass is 16.5. The molecule has 2 N–H and O–H groups in total. The Morgan fingerprint density at radius 3 is 2.65 bits per heavy atom. The zero-order chi connectivity index (χ0) is 16.2. The lowest BCUT2D eigenvalue weighted by Gasteiger charge is -2.30. The van der Waals surface area contributed by atoms with E-state index in [1.165, 1.54) is 0 Å². The first-order valence-electron chi connectivity index (χ1n) is 7.64. The topological polar surface area (TPSA) is 71.4 Å². The Labute approximate surface area is 135 Å². The number of hydrogen-bond acceptors (Lipinski definition) is 4. The second-order valence-electron chi connectivity index (χ2n) is 5.49. The molecule has 0 atom stereocenters. The lowest BCUT2D eigenvalue weighted by molar-refractivity contribution is 0.123. The summed E-state index contributed by atoms with van der Waals surface area (Å²) in [4.78, 5) is 14.4. The molecule has 1 aromatic heterocycles. The van der Waals surface area contributed by atoms with Gasteiger partial charge in [0.05, 0.1) is 24.6 Å². The molecule has 2 aromatic rings. The van der Waals surface area contributed by atoms with Crippen molar-refractivity contribution in [3.05, 3.63) is 36.0 Å². The summed E-state index contributed by atoms with van der Waals surface area (Å²) < 4.78 is 7.10. The lowest BCUT2D eigenvalue weighted by atomic mass is 10.2. The molecule has 0 bridgehead atoms. The summed E-state index contributed by atoms with van der Waals surface area (Å²) in [6, 6.07) is 9.30. The normalized spacial score (nSPS) is 14.6. The van der Waals surface area contributed by atoms with Gasteiger partial charge in [-0.25, -0.2) is 4.79 Å². The molecule has 0 aliphatic carbocycles. The number of amides is 2. The van der Waals surface area contributed by atoms with Gasteiger partial charge in [-0.3, -0.25) is 10.00 Å². The van der Waals surface area contributed by atoms with Gasteiger partial charge >= 0.3 is 6.03 Å². The third-order valence-corrected chi connectivity index (χ3v) is 3.86. The minimum atomic E-state index is -0.302. The van der Waals surface area contributed by atoms with Crippen LogP contribution in [-0.2, 0) is 11.8 Å². The van der Waals surface area contributed by atoms with Crippen LogP contribution < -0.4 is 15.5 Å². The standard InChI is InChI=1S/C16H21N5O2/c1-12-11-15(19-20(12)2)18-16(22)17-13-5-3-4-6-14(13)21-7-9-23-10-8-21/h3-6,11H,7-10H2,1-2H3,(H2,17,18,19,22).